The third-order valence-electron chi connectivity index (χ3n) is 3.59. The van der Waals surface area contributed by atoms with Crippen molar-refractivity contribution in [3.05, 3.63) is 0 Å². The molecule has 0 spiro atoms. The van der Waals surface area contributed by atoms with E-state index in [9.17, 15) is 0 Å². The van der Waals surface area contributed by atoms with Crippen LogP contribution in [0, 0.1) is 17.8 Å². The Labute approximate surface area is 90.0 Å². The maximum absolute atomic E-state index is 5.02. The molecule has 3 unspecified atom stereocenters. The summed E-state index contributed by atoms with van der Waals surface area (Å²) in [6.07, 6.45) is 8.09. The van der Waals surface area contributed by atoms with Gasteiger partial charge < -0.3 is 4.65 Å². The van der Waals surface area contributed by atoms with Gasteiger partial charge in [0.2, 0.25) is 0 Å². The molecule has 0 aliphatic heterocycles. The fourth-order valence-corrected chi connectivity index (χ4v) is 2.92. The summed E-state index contributed by atoms with van der Waals surface area (Å²) in [4.78, 5) is 0. The fraction of sp³-hybridized carbons (Fsp3) is 1.00. The van der Waals surface area contributed by atoms with E-state index >= 15 is 0 Å². The van der Waals surface area contributed by atoms with Crippen LogP contribution in [-0.2, 0) is 4.65 Å². The minimum absolute atomic E-state index is 0.724. The summed E-state index contributed by atoms with van der Waals surface area (Å²) < 4.78 is 4.61. The van der Waals surface area contributed by atoms with Gasteiger partial charge in [-0.05, 0) is 49.9 Å². The highest BCUT2D eigenvalue weighted by atomic mass is 16.4. The lowest BCUT2D eigenvalue weighted by molar-refractivity contribution is 0.184. The third kappa shape index (κ3) is 4.04. The first-order chi connectivity index (χ1) is 6.76. The summed E-state index contributed by atoms with van der Waals surface area (Å²) >= 11 is 0. The van der Waals surface area contributed by atoms with Gasteiger partial charge in [-0.25, -0.2) is 0 Å². The van der Waals surface area contributed by atoms with Crippen molar-refractivity contribution in [2.24, 2.45) is 17.8 Å². The van der Waals surface area contributed by atoms with E-state index in [-0.39, 0.29) is 0 Å². The Balaban J connectivity index is 2.23. The molecule has 2 heteroatoms. The number of hydrogen-bond acceptors (Lipinski definition) is 1. The van der Waals surface area contributed by atoms with Crippen molar-refractivity contribution in [3.63, 3.8) is 0 Å². The Bertz CT molecular complexity index is 149. The molecule has 1 aliphatic carbocycles. The van der Waals surface area contributed by atoms with Gasteiger partial charge in [-0.1, -0.05) is 20.3 Å². The molecule has 1 aliphatic rings. The zero-order valence-electron chi connectivity index (χ0n) is 9.67. The SMILES string of the molecule is [B]OCCCC1CC(C)CC(CC)C1. The van der Waals surface area contributed by atoms with Gasteiger partial charge in [0.05, 0.1) is 0 Å². The van der Waals surface area contributed by atoms with Crippen LogP contribution in [0.2, 0.25) is 0 Å². The van der Waals surface area contributed by atoms with Gasteiger partial charge in [-0.2, -0.15) is 0 Å². The Morgan fingerprint density at radius 2 is 1.93 bits per heavy atom. The molecule has 0 aromatic carbocycles. The summed E-state index contributed by atoms with van der Waals surface area (Å²) in [5, 5.41) is 0. The van der Waals surface area contributed by atoms with E-state index in [1.807, 2.05) is 0 Å². The van der Waals surface area contributed by atoms with Crippen molar-refractivity contribution in [2.45, 2.75) is 52.4 Å². The third-order valence-corrected chi connectivity index (χ3v) is 3.59. The molecule has 0 heterocycles. The maximum atomic E-state index is 5.02. The highest BCUT2D eigenvalue weighted by Crippen LogP contribution is 2.36. The summed E-state index contributed by atoms with van der Waals surface area (Å²) in [5.41, 5.74) is 0. The summed E-state index contributed by atoms with van der Waals surface area (Å²) in [6, 6.07) is 0. The van der Waals surface area contributed by atoms with Gasteiger partial charge in [0.1, 0.15) is 0 Å². The Kier molecular flexibility index (Phi) is 5.61. The van der Waals surface area contributed by atoms with Crippen LogP contribution in [0.3, 0.4) is 0 Å². The normalized spacial score (nSPS) is 33.1. The smallest absolute Gasteiger partial charge is 0.282 e. The van der Waals surface area contributed by atoms with Crippen LogP contribution < -0.4 is 0 Å². The molecule has 1 fully saturated rings. The lowest BCUT2D eigenvalue weighted by Crippen LogP contribution is -2.21. The Hall–Kier alpha value is 0.0249. The van der Waals surface area contributed by atoms with Crippen molar-refractivity contribution >= 4 is 8.05 Å². The largest absolute Gasteiger partial charge is 0.448 e. The molecular formula is C12H23BO. The number of rotatable bonds is 5. The predicted octanol–water partition coefficient (Wildman–Crippen LogP) is 3.33. The molecular weight excluding hydrogens is 171 g/mol. The summed E-state index contributed by atoms with van der Waals surface area (Å²) in [6.45, 7) is 5.44. The highest BCUT2D eigenvalue weighted by Gasteiger charge is 2.24. The molecule has 1 nitrogen and oxygen atoms in total. The maximum Gasteiger partial charge on any atom is 0.282 e. The molecule has 0 aromatic rings. The zero-order valence-corrected chi connectivity index (χ0v) is 9.67. The lowest BCUT2D eigenvalue weighted by Gasteiger charge is -2.33. The van der Waals surface area contributed by atoms with Gasteiger partial charge in [-0.15, -0.1) is 0 Å². The van der Waals surface area contributed by atoms with Crippen molar-refractivity contribution in [2.75, 3.05) is 6.61 Å². The van der Waals surface area contributed by atoms with E-state index < -0.39 is 0 Å². The topological polar surface area (TPSA) is 9.23 Å². The van der Waals surface area contributed by atoms with Crippen molar-refractivity contribution < 1.29 is 4.65 Å². The first-order valence-electron chi connectivity index (χ1n) is 6.07. The van der Waals surface area contributed by atoms with E-state index in [0.29, 0.717) is 0 Å². The van der Waals surface area contributed by atoms with E-state index in [1.54, 1.807) is 0 Å². The van der Waals surface area contributed by atoms with Crippen LogP contribution in [0.4, 0.5) is 0 Å². The second-order valence-corrected chi connectivity index (χ2v) is 4.97. The lowest BCUT2D eigenvalue weighted by atomic mass is 9.73. The summed E-state index contributed by atoms with van der Waals surface area (Å²) in [7, 11) is 5.02. The van der Waals surface area contributed by atoms with Crippen LogP contribution in [-0.4, -0.2) is 14.7 Å². The minimum atomic E-state index is 0.724. The molecule has 0 bridgehead atoms. The molecule has 0 amide bonds. The van der Waals surface area contributed by atoms with Crippen LogP contribution in [0.1, 0.15) is 52.4 Å². The first-order valence-corrected chi connectivity index (χ1v) is 6.07. The monoisotopic (exact) mass is 194 g/mol. The van der Waals surface area contributed by atoms with Gasteiger partial charge in [0, 0.05) is 6.61 Å². The zero-order chi connectivity index (χ0) is 10.4. The average Bonchev–Trinajstić information content (AvgIpc) is 2.17. The molecule has 80 valence electrons. The average molecular weight is 194 g/mol. The van der Waals surface area contributed by atoms with E-state index in [2.05, 4.69) is 18.5 Å². The Morgan fingerprint density at radius 1 is 1.21 bits per heavy atom. The van der Waals surface area contributed by atoms with Crippen molar-refractivity contribution in [3.8, 4) is 0 Å². The van der Waals surface area contributed by atoms with Crippen molar-refractivity contribution in [1.29, 1.82) is 0 Å². The Morgan fingerprint density at radius 3 is 2.57 bits per heavy atom. The summed E-state index contributed by atoms with van der Waals surface area (Å²) in [5.74, 6) is 2.83. The first kappa shape index (κ1) is 12.1. The molecule has 3 atom stereocenters. The molecule has 0 N–H and O–H groups in total. The molecule has 14 heavy (non-hydrogen) atoms. The van der Waals surface area contributed by atoms with E-state index in [0.717, 1.165) is 30.8 Å². The second kappa shape index (κ2) is 6.50. The number of hydrogen-bond donors (Lipinski definition) is 0. The van der Waals surface area contributed by atoms with Crippen LogP contribution >= 0.6 is 0 Å². The molecule has 2 radical (unpaired) electrons. The van der Waals surface area contributed by atoms with Gasteiger partial charge in [0.25, 0.3) is 8.05 Å². The van der Waals surface area contributed by atoms with Gasteiger partial charge in [-0.3, -0.25) is 0 Å². The van der Waals surface area contributed by atoms with Crippen LogP contribution in [0.5, 0.6) is 0 Å². The molecule has 0 aromatic heterocycles. The van der Waals surface area contributed by atoms with E-state index in [1.165, 1.54) is 32.1 Å². The van der Waals surface area contributed by atoms with Gasteiger partial charge >= 0.3 is 0 Å². The quantitative estimate of drug-likeness (QED) is 0.481. The highest BCUT2D eigenvalue weighted by molar-refractivity contribution is 5.97. The molecule has 1 rings (SSSR count). The second-order valence-electron chi connectivity index (χ2n) is 4.97. The van der Waals surface area contributed by atoms with Gasteiger partial charge in [0.15, 0.2) is 0 Å². The molecule has 1 saturated carbocycles. The predicted molar refractivity (Wildman–Crippen MR) is 61.2 cm³/mol. The van der Waals surface area contributed by atoms with E-state index in [4.69, 9.17) is 8.05 Å². The van der Waals surface area contributed by atoms with Crippen LogP contribution in [0.15, 0.2) is 0 Å². The fourth-order valence-electron chi connectivity index (χ4n) is 2.92. The minimum Gasteiger partial charge on any atom is -0.448 e. The molecule has 0 saturated heterocycles. The van der Waals surface area contributed by atoms with Crippen molar-refractivity contribution in [1.82, 2.24) is 0 Å². The standard InChI is InChI=1S/C12H23BO/c1-3-11-7-10(2)8-12(9-11)5-4-6-14-13/h10-12H,3-9H2,1-2H3. The van der Waals surface area contributed by atoms with Crippen LogP contribution in [0.25, 0.3) is 0 Å².